The molecule has 0 atom stereocenters. The Labute approximate surface area is 124 Å². The van der Waals surface area contributed by atoms with E-state index in [2.05, 4.69) is 14.9 Å². The Balaban J connectivity index is 2.25. The van der Waals surface area contributed by atoms with Gasteiger partial charge in [0, 0.05) is 19.8 Å². The zero-order valence-electron chi connectivity index (χ0n) is 12.4. The molecule has 3 N–H and O–H groups in total. The van der Waals surface area contributed by atoms with Gasteiger partial charge in [0.1, 0.15) is 4.90 Å². The van der Waals surface area contributed by atoms with Gasteiger partial charge in [-0.15, -0.1) is 0 Å². The molecule has 2 aromatic heterocycles. The number of hydrogen-bond donors (Lipinski definition) is 2. The van der Waals surface area contributed by atoms with Gasteiger partial charge in [-0.1, -0.05) is 0 Å². The molecule has 2 aromatic rings. The lowest BCUT2D eigenvalue weighted by atomic mass is 10.4. The smallest absolute Gasteiger partial charge is 0.244 e. The van der Waals surface area contributed by atoms with Crippen LogP contribution in [0.15, 0.2) is 17.2 Å². The van der Waals surface area contributed by atoms with Crippen LogP contribution in [-0.2, 0) is 30.2 Å². The molecule has 0 unspecified atom stereocenters. The van der Waals surface area contributed by atoms with Crippen molar-refractivity contribution in [1.29, 1.82) is 0 Å². The van der Waals surface area contributed by atoms with Crippen LogP contribution in [-0.4, -0.2) is 34.5 Å². The summed E-state index contributed by atoms with van der Waals surface area (Å²) in [6.45, 7) is 4.49. The fourth-order valence-electron chi connectivity index (χ4n) is 2.23. The van der Waals surface area contributed by atoms with E-state index in [9.17, 15) is 8.42 Å². The maximum Gasteiger partial charge on any atom is 0.244 e. The normalized spacial score (nSPS) is 12.0. The molecule has 0 aromatic carbocycles. The molecule has 0 saturated heterocycles. The zero-order chi connectivity index (χ0) is 15.6. The van der Waals surface area contributed by atoms with Gasteiger partial charge in [0.05, 0.1) is 30.2 Å². The van der Waals surface area contributed by atoms with E-state index in [4.69, 9.17) is 5.73 Å². The molecule has 0 aliphatic carbocycles. The number of nitrogens with one attached hydrogen (secondary N) is 1. The van der Waals surface area contributed by atoms with Crippen molar-refractivity contribution >= 4 is 10.0 Å². The summed E-state index contributed by atoms with van der Waals surface area (Å²) in [5.74, 6) is 0. The highest BCUT2D eigenvalue weighted by molar-refractivity contribution is 7.89. The zero-order valence-corrected chi connectivity index (χ0v) is 13.2. The summed E-state index contributed by atoms with van der Waals surface area (Å²) >= 11 is 0. The van der Waals surface area contributed by atoms with Gasteiger partial charge in [0.25, 0.3) is 0 Å². The minimum atomic E-state index is -3.63. The van der Waals surface area contributed by atoms with Crippen LogP contribution in [0.4, 0.5) is 0 Å². The maximum absolute atomic E-state index is 12.5. The minimum Gasteiger partial charge on any atom is -0.329 e. The highest BCUT2D eigenvalue weighted by Gasteiger charge is 2.24. The Morgan fingerprint density at radius 1 is 1.38 bits per heavy atom. The monoisotopic (exact) mass is 312 g/mol. The second-order valence-electron chi connectivity index (χ2n) is 4.78. The predicted octanol–water partition coefficient (Wildman–Crippen LogP) is -0.329. The molecular weight excluding hydrogens is 292 g/mol. The third-order valence-corrected chi connectivity index (χ3v) is 4.94. The lowest BCUT2D eigenvalue weighted by Gasteiger charge is -2.08. The lowest BCUT2D eigenvalue weighted by Crippen LogP contribution is -2.25. The fourth-order valence-corrected chi connectivity index (χ4v) is 3.63. The van der Waals surface area contributed by atoms with E-state index in [-0.39, 0.29) is 11.4 Å². The first kappa shape index (κ1) is 15.7. The number of nitrogens with zero attached hydrogens (tertiary/aromatic N) is 4. The van der Waals surface area contributed by atoms with Crippen LogP contribution in [0.1, 0.15) is 17.1 Å². The Bertz CT molecular complexity index is 731. The third kappa shape index (κ3) is 3.14. The van der Waals surface area contributed by atoms with E-state index in [1.165, 1.54) is 0 Å². The maximum atomic E-state index is 12.5. The summed E-state index contributed by atoms with van der Waals surface area (Å²) in [4.78, 5) is 0.220. The summed E-state index contributed by atoms with van der Waals surface area (Å²) < 4.78 is 30.8. The lowest BCUT2D eigenvalue weighted by molar-refractivity contribution is 0.573. The molecule has 0 spiro atoms. The molecule has 0 radical (unpaired) electrons. The largest absolute Gasteiger partial charge is 0.329 e. The Kier molecular flexibility index (Phi) is 4.45. The van der Waals surface area contributed by atoms with Gasteiger partial charge in [-0.25, -0.2) is 13.1 Å². The molecule has 0 aliphatic rings. The SMILES string of the molecule is Cc1nn(CCN)c(C)c1S(=O)(=O)NCc1ccnn1C. The number of aryl methyl sites for hydroxylation is 2. The van der Waals surface area contributed by atoms with Gasteiger partial charge in [0.2, 0.25) is 10.0 Å². The average molecular weight is 312 g/mol. The van der Waals surface area contributed by atoms with Crippen LogP contribution < -0.4 is 10.5 Å². The molecule has 2 rings (SSSR count). The van der Waals surface area contributed by atoms with Gasteiger partial charge in [-0.3, -0.25) is 9.36 Å². The summed E-state index contributed by atoms with van der Waals surface area (Å²) in [6, 6.07) is 1.76. The van der Waals surface area contributed by atoms with Crippen molar-refractivity contribution in [2.75, 3.05) is 6.54 Å². The molecule has 0 saturated carbocycles. The number of hydrogen-bond acceptors (Lipinski definition) is 5. The van der Waals surface area contributed by atoms with Crippen molar-refractivity contribution in [3.8, 4) is 0 Å². The highest BCUT2D eigenvalue weighted by atomic mass is 32.2. The van der Waals surface area contributed by atoms with Crippen molar-refractivity contribution in [3.05, 3.63) is 29.3 Å². The Morgan fingerprint density at radius 2 is 2.10 bits per heavy atom. The van der Waals surface area contributed by atoms with Crippen LogP contribution in [0, 0.1) is 13.8 Å². The Hall–Kier alpha value is -1.71. The molecule has 0 amide bonds. The highest BCUT2D eigenvalue weighted by Crippen LogP contribution is 2.19. The third-order valence-electron chi connectivity index (χ3n) is 3.29. The Morgan fingerprint density at radius 3 is 2.67 bits per heavy atom. The first-order valence-electron chi connectivity index (χ1n) is 6.57. The molecule has 8 nitrogen and oxygen atoms in total. The van der Waals surface area contributed by atoms with Crippen molar-refractivity contribution < 1.29 is 8.42 Å². The van der Waals surface area contributed by atoms with Gasteiger partial charge < -0.3 is 5.73 Å². The van der Waals surface area contributed by atoms with Crippen LogP contribution in [0.3, 0.4) is 0 Å². The first-order chi connectivity index (χ1) is 9.86. The molecule has 0 aliphatic heterocycles. The first-order valence-corrected chi connectivity index (χ1v) is 8.05. The van der Waals surface area contributed by atoms with Crippen LogP contribution in [0.25, 0.3) is 0 Å². The summed E-state index contributed by atoms with van der Waals surface area (Å²) in [5, 5.41) is 8.23. The van der Waals surface area contributed by atoms with E-state index >= 15 is 0 Å². The minimum absolute atomic E-state index is 0.180. The van der Waals surface area contributed by atoms with E-state index in [0.29, 0.717) is 24.5 Å². The van der Waals surface area contributed by atoms with Crippen LogP contribution in [0.2, 0.25) is 0 Å². The van der Waals surface area contributed by atoms with Crippen molar-refractivity contribution in [2.45, 2.75) is 31.8 Å². The molecule has 21 heavy (non-hydrogen) atoms. The van der Waals surface area contributed by atoms with E-state index in [0.717, 1.165) is 5.69 Å². The molecule has 0 fully saturated rings. The summed E-state index contributed by atoms with van der Waals surface area (Å²) in [7, 11) is -1.86. The van der Waals surface area contributed by atoms with Gasteiger partial charge >= 0.3 is 0 Å². The van der Waals surface area contributed by atoms with Gasteiger partial charge in [-0.05, 0) is 19.9 Å². The molecule has 9 heteroatoms. The van der Waals surface area contributed by atoms with E-state index < -0.39 is 10.0 Å². The second kappa shape index (κ2) is 5.96. The standard InChI is InChI=1S/C12H20N6O2S/c1-9-12(10(2)18(16-9)7-5-13)21(19,20)15-8-11-4-6-14-17(11)3/h4,6,15H,5,7-8,13H2,1-3H3. The van der Waals surface area contributed by atoms with E-state index in [1.54, 1.807) is 42.5 Å². The predicted molar refractivity (Wildman–Crippen MR) is 78.0 cm³/mol. The van der Waals surface area contributed by atoms with Crippen LogP contribution in [0.5, 0.6) is 0 Å². The second-order valence-corrected chi connectivity index (χ2v) is 6.49. The summed E-state index contributed by atoms with van der Waals surface area (Å²) in [5.41, 5.74) is 7.35. The number of rotatable bonds is 6. The van der Waals surface area contributed by atoms with Crippen LogP contribution >= 0.6 is 0 Å². The van der Waals surface area contributed by atoms with Gasteiger partial charge in [0.15, 0.2) is 0 Å². The van der Waals surface area contributed by atoms with E-state index in [1.807, 2.05) is 0 Å². The quantitative estimate of drug-likeness (QED) is 0.759. The van der Waals surface area contributed by atoms with Gasteiger partial charge in [-0.2, -0.15) is 10.2 Å². The number of aromatic nitrogens is 4. The number of nitrogens with two attached hydrogens (primary N) is 1. The molecule has 2 heterocycles. The van der Waals surface area contributed by atoms with Crippen molar-refractivity contribution in [2.24, 2.45) is 12.8 Å². The average Bonchev–Trinajstić information content (AvgIpc) is 2.92. The molecule has 0 bridgehead atoms. The van der Waals surface area contributed by atoms with Crippen molar-refractivity contribution in [1.82, 2.24) is 24.3 Å². The molecule has 116 valence electrons. The topological polar surface area (TPSA) is 108 Å². The number of sulfonamides is 1. The molecular formula is C12H20N6O2S. The summed E-state index contributed by atoms with van der Waals surface area (Å²) in [6.07, 6.45) is 1.62. The van der Waals surface area contributed by atoms with Crippen molar-refractivity contribution in [3.63, 3.8) is 0 Å². The fraction of sp³-hybridized carbons (Fsp3) is 0.500.